The number of hydrogen-bond acceptors (Lipinski definition) is 3. The highest BCUT2D eigenvalue weighted by atomic mass is 16.4. The third-order valence-electron chi connectivity index (χ3n) is 2.70. The van der Waals surface area contributed by atoms with Crippen molar-refractivity contribution in [3.8, 4) is 0 Å². The minimum Gasteiger partial charge on any atom is -0.480 e. The second kappa shape index (κ2) is 5.51. The van der Waals surface area contributed by atoms with E-state index >= 15 is 0 Å². The molecule has 3 amide bonds. The summed E-state index contributed by atoms with van der Waals surface area (Å²) in [5.74, 6) is -1.58. The fourth-order valence-electron chi connectivity index (χ4n) is 1.52. The van der Waals surface area contributed by atoms with Gasteiger partial charge < -0.3 is 21.5 Å². The summed E-state index contributed by atoms with van der Waals surface area (Å²) in [6.45, 7) is 1.86. The van der Waals surface area contributed by atoms with Crippen molar-refractivity contribution in [2.45, 2.75) is 38.3 Å². The molecule has 1 aliphatic rings. The Labute approximate surface area is 98.7 Å². The van der Waals surface area contributed by atoms with Gasteiger partial charge in [0.05, 0.1) is 6.42 Å². The second-order valence-electron chi connectivity index (χ2n) is 4.31. The van der Waals surface area contributed by atoms with Crippen molar-refractivity contribution in [2.75, 3.05) is 0 Å². The van der Waals surface area contributed by atoms with E-state index in [0.717, 1.165) is 12.8 Å². The van der Waals surface area contributed by atoms with Crippen molar-refractivity contribution in [1.82, 2.24) is 10.6 Å². The van der Waals surface area contributed by atoms with Crippen LogP contribution in [0.5, 0.6) is 0 Å². The van der Waals surface area contributed by atoms with Crippen molar-refractivity contribution in [3.05, 3.63) is 0 Å². The Bertz CT molecular complexity index is 328. The van der Waals surface area contributed by atoms with Crippen LogP contribution in [0.25, 0.3) is 0 Å². The fraction of sp³-hybridized carbons (Fsp3) is 0.700. The molecule has 0 aromatic heterocycles. The number of rotatable bonds is 6. The van der Waals surface area contributed by atoms with Gasteiger partial charge in [-0.15, -0.1) is 0 Å². The predicted molar refractivity (Wildman–Crippen MR) is 59.1 cm³/mol. The van der Waals surface area contributed by atoms with Crippen LogP contribution in [0.4, 0.5) is 4.79 Å². The molecule has 0 radical (unpaired) electrons. The number of urea groups is 1. The van der Waals surface area contributed by atoms with Crippen molar-refractivity contribution in [1.29, 1.82) is 0 Å². The van der Waals surface area contributed by atoms with E-state index in [2.05, 4.69) is 10.6 Å². The van der Waals surface area contributed by atoms with Gasteiger partial charge in [-0.25, -0.2) is 9.59 Å². The summed E-state index contributed by atoms with van der Waals surface area (Å²) in [7, 11) is 0. The number of nitrogens with one attached hydrogen (secondary N) is 2. The number of primary amides is 1. The summed E-state index contributed by atoms with van der Waals surface area (Å²) in [6.07, 6.45) is 1.73. The molecule has 7 heteroatoms. The molecule has 2 atom stereocenters. The summed E-state index contributed by atoms with van der Waals surface area (Å²) in [6, 6.07) is -1.85. The normalized spacial score (nSPS) is 17.9. The largest absolute Gasteiger partial charge is 0.480 e. The smallest absolute Gasteiger partial charge is 0.326 e. The molecule has 1 rings (SSSR count). The van der Waals surface area contributed by atoms with Crippen molar-refractivity contribution in [3.63, 3.8) is 0 Å². The number of carboxylic acid groups (broad SMARTS) is 1. The zero-order valence-electron chi connectivity index (χ0n) is 9.60. The Morgan fingerprint density at radius 1 is 1.35 bits per heavy atom. The molecule has 5 N–H and O–H groups in total. The highest BCUT2D eigenvalue weighted by molar-refractivity contribution is 5.87. The number of nitrogens with two attached hydrogens (primary N) is 1. The molecule has 17 heavy (non-hydrogen) atoms. The topological polar surface area (TPSA) is 122 Å². The average Bonchev–Trinajstić information content (AvgIpc) is 2.98. The number of hydrogen-bond donors (Lipinski definition) is 4. The SMILES string of the molecule is CC(NC(=O)N[C@H](CC(N)=O)C(=O)O)C1CC1. The van der Waals surface area contributed by atoms with Crippen LogP contribution >= 0.6 is 0 Å². The maximum absolute atomic E-state index is 11.4. The first-order chi connectivity index (χ1) is 7.90. The lowest BCUT2D eigenvalue weighted by Gasteiger charge is -2.17. The van der Waals surface area contributed by atoms with Crippen LogP contribution < -0.4 is 16.4 Å². The van der Waals surface area contributed by atoms with E-state index < -0.39 is 30.4 Å². The molecule has 0 bridgehead atoms. The van der Waals surface area contributed by atoms with Gasteiger partial charge >= 0.3 is 12.0 Å². The van der Waals surface area contributed by atoms with E-state index in [1.807, 2.05) is 6.92 Å². The lowest BCUT2D eigenvalue weighted by molar-refractivity contribution is -0.140. The molecule has 0 aromatic carbocycles. The third kappa shape index (κ3) is 4.71. The molecule has 0 heterocycles. The van der Waals surface area contributed by atoms with Gasteiger partial charge in [0.25, 0.3) is 0 Å². The number of carboxylic acids is 1. The summed E-state index contributed by atoms with van der Waals surface area (Å²) in [5.41, 5.74) is 4.89. The minimum absolute atomic E-state index is 0.0121. The van der Waals surface area contributed by atoms with E-state index in [4.69, 9.17) is 10.8 Å². The van der Waals surface area contributed by atoms with E-state index in [0.29, 0.717) is 5.92 Å². The van der Waals surface area contributed by atoms with Gasteiger partial charge in [0.1, 0.15) is 6.04 Å². The number of carbonyl (C=O) groups excluding carboxylic acids is 2. The number of aliphatic carboxylic acids is 1. The van der Waals surface area contributed by atoms with E-state index in [1.54, 1.807) is 0 Å². The van der Waals surface area contributed by atoms with Crippen LogP contribution in [0.3, 0.4) is 0 Å². The fourth-order valence-corrected chi connectivity index (χ4v) is 1.52. The molecule has 7 nitrogen and oxygen atoms in total. The first kappa shape index (κ1) is 13.3. The van der Waals surface area contributed by atoms with Crippen LogP contribution in [0.1, 0.15) is 26.2 Å². The number of amides is 3. The van der Waals surface area contributed by atoms with Crippen LogP contribution in [0.2, 0.25) is 0 Å². The lowest BCUT2D eigenvalue weighted by atomic mass is 10.2. The first-order valence-electron chi connectivity index (χ1n) is 5.48. The van der Waals surface area contributed by atoms with Crippen LogP contribution in [0.15, 0.2) is 0 Å². The van der Waals surface area contributed by atoms with Gasteiger partial charge in [0.15, 0.2) is 0 Å². The van der Waals surface area contributed by atoms with E-state index in [-0.39, 0.29) is 6.04 Å². The van der Waals surface area contributed by atoms with Gasteiger partial charge in [0.2, 0.25) is 5.91 Å². The summed E-state index contributed by atoms with van der Waals surface area (Å²) in [4.78, 5) is 32.8. The molecule has 1 aliphatic carbocycles. The minimum atomic E-state index is -1.28. The molecular weight excluding hydrogens is 226 g/mol. The molecule has 1 fully saturated rings. The molecule has 0 spiro atoms. The molecule has 0 aliphatic heterocycles. The Balaban J connectivity index is 2.39. The zero-order chi connectivity index (χ0) is 13.0. The van der Waals surface area contributed by atoms with Gasteiger partial charge in [0, 0.05) is 6.04 Å². The van der Waals surface area contributed by atoms with Crippen LogP contribution in [0, 0.1) is 5.92 Å². The summed E-state index contributed by atoms with van der Waals surface area (Å²) in [5, 5.41) is 13.6. The molecule has 1 saturated carbocycles. The monoisotopic (exact) mass is 243 g/mol. The average molecular weight is 243 g/mol. The molecule has 0 saturated heterocycles. The Morgan fingerprint density at radius 2 is 1.94 bits per heavy atom. The maximum atomic E-state index is 11.4. The molecule has 96 valence electrons. The Kier molecular flexibility index (Phi) is 4.30. The van der Waals surface area contributed by atoms with Crippen molar-refractivity contribution < 1.29 is 19.5 Å². The quantitative estimate of drug-likeness (QED) is 0.498. The van der Waals surface area contributed by atoms with Gasteiger partial charge in [-0.05, 0) is 25.7 Å². The van der Waals surface area contributed by atoms with Crippen LogP contribution in [-0.4, -0.2) is 35.1 Å². The predicted octanol–water partition coefficient (Wildman–Crippen LogP) is -0.587. The van der Waals surface area contributed by atoms with Gasteiger partial charge in [-0.3, -0.25) is 4.79 Å². The Morgan fingerprint density at radius 3 is 2.35 bits per heavy atom. The summed E-state index contributed by atoms with van der Waals surface area (Å²) >= 11 is 0. The molecule has 1 unspecified atom stereocenters. The van der Waals surface area contributed by atoms with Gasteiger partial charge in [-0.2, -0.15) is 0 Å². The number of carbonyl (C=O) groups is 3. The maximum Gasteiger partial charge on any atom is 0.326 e. The first-order valence-corrected chi connectivity index (χ1v) is 5.48. The lowest BCUT2D eigenvalue weighted by Crippen LogP contribution is -2.50. The molecule has 0 aromatic rings. The van der Waals surface area contributed by atoms with Gasteiger partial charge in [-0.1, -0.05) is 0 Å². The van der Waals surface area contributed by atoms with E-state index in [9.17, 15) is 14.4 Å². The third-order valence-corrected chi connectivity index (χ3v) is 2.70. The Hall–Kier alpha value is -1.79. The highest BCUT2D eigenvalue weighted by Crippen LogP contribution is 2.32. The zero-order valence-corrected chi connectivity index (χ0v) is 9.60. The van der Waals surface area contributed by atoms with Crippen molar-refractivity contribution in [2.24, 2.45) is 11.7 Å². The van der Waals surface area contributed by atoms with Crippen LogP contribution in [-0.2, 0) is 9.59 Å². The highest BCUT2D eigenvalue weighted by Gasteiger charge is 2.30. The van der Waals surface area contributed by atoms with Crippen molar-refractivity contribution >= 4 is 17.9 Å². The standard InChI is InChI=1S/C10H17N3O4/c1-5(6-2-3-6)12-10(17)13-7(9(15)16)4-8(11)14/h5-7H,2-4H2,1H3,(H2,11,14)(H,15,16)(H2,12,13,17)/t5?,7-/m1/s1. The van der Waals surface area contributed by atoms with E-state index in [1.165, 1.54) is 0 Å². The summed E-state index contributed by atoms with van der Waals surface area (Å²) < 4.78 is 0. The molecular formula is C10H17N3O4. The second-order valence-corrected chi connectivity index (χ2v) is 4.31.